The lowest BCUT2D eigenvalue weighted by Gasteiger charge is -1.90. The van der Waals surface area contributed by atoms with Crippen LogP contribution in [-0.4, -0.2) is 6.29 Å². The van der Waals surface area contributed by atoms with E-state index in [0.29, 0.717) is 14.9 Å². The molecule has 0 aliphatic carbocycles. The van der Waals surface area contributed by atoms with Crippen molar-refractivity contribution in [2.75, 3.05) is 0 Å². The van der Waals surface area contributed by atoms with Crippen molar-refractivity contribution in [2.24, 2.45) is 0 Å². The molecule has 0 saturated heterocycles. The first kappa shape index (κ1) is 9.00. The third-order valence-corrected chi connectivity index (χ3v) is 3.85. The van der Waals surface area contributed by atoms with Gasteiger partial charge in [-0.1, -0.05) is 35.3 Å². The number of carbonyl (C=O) groups is 1. The summed E-state index contributed by atoms with van der Waals surface area (Å²) in [5, 5.41) is 1.98. The van der Waals surface area contributed by atoms with Gasteiger partial charge in [-0.25, -0.2) is 0 Å². The quantitative estimate of drug-likeness (QED) is 0.677. The summed E-state index contributed by atoms with van der Waals surface area (Å²) in [6.45, 7) is 0. The summed E-state index contributed by atoms with van der Waals surface area (Å²) < 4.78 is 0.872. The first-order chi connectivity index (χ1) is 6.24. The summed E-state index contributed by atoms with van der Waals surface area (Å²) in [6.07, 6.45) is 0.753. The van der Waals surface area contributed by atoms with Crippen LogP contribution in [0.5, 0.6) is 0 Å². The van der Waals surface area contributed by atoms with Crippen LogP contribution in [0.1, 0.15) is 9.67 Å². The third kappa shape index (κ3) is 1.35. The van der Waals surface area contributed by atoms with E-state index in [1.165, 1.54) is 11.3 Å². The molecular formula is C9H4Cl2OS. The highest BCUT2D eigenvalue weighted by molar-refractivity contribution is 7.22. The molecule has 0 aliphatic heterocycles. The van der Waals surface area contributed by atoms with Crippen LogP contribution in [0.2, 0.25) is 10.0 Å². The van der Waals surface area contributed by atoms with Gasteiger partial charge >= 0.3 is 0 Å². The van der Waals surface area contributed by atoms with E-state index >= 15 is 0 Å². The fraction of sp³-hybridized carbons (Fsp3) is 0. The Kier molecular flexibility index (Phi) is 2.28. The van der Waals surface area contributed by atoms with Crippen LogP contribution in [0, 0.1) is 0 Å². The second-order valence-corrected chi connectivity index (χ2v) is 4.35. The molecule has 1 aromatic heterocycles. The van der Waals surface area contributed by atoms with Crippen molar-refractivity contribution < 1.29 is 4.79 Å². The molecule has 1 heterocycles. The van der Waals surface area contributed by atoms with Gasteiger partial charge in [-0.3, -0.25) is 4.79 Å². The predicted octanol–water partition coefficient (Wildman–Crippen LogP) is 4.02. The van der Waals surface area contributed by atoms with Gasteiger partial charge in [0.05, 0.1) is 19.6 Å². The van der Waals surface area contributed by atoms with Gasteiger partial charge in [0.1, 0.15) is 0 Å². The van der Waals surface area contributed by atoms with Gasteiger partial charge < -0.3 is 0 Å². The van der Waals surface area contributed by atoms with E-state index in [4.69, 9.17) is 23.2 Å². The predicted molar refractivity (Wildman–Crippen MR) is 57.2 cm³/mol. The Morgan fingerprint density at radius 3 is 2.69 bits per heavy atom. The molecule has 0 saturated carbocycles. The monoisotopic (exact) mass is 230 g/mol. The summed E-state index contributed by atoms with van der Waals surface area (Å²) in [6, 6.07) is 5.45. The maximum Gasteiger partial charge on any atom is 0.161 e. The second kappa shape index (κ2) is 3.29. The van der Waals surface area contributed by atoms with Crippen LogP contribution in [0.15, 0.2) is 18.2 Å². The molecule has 0 spiro atoms. The molecule has 0 aliphatic rings. The number of hydrogen-bond donors (Lipinski definition) is 0. The van der Waals surface area contributed by atoms with Crippen LogP contribution < -0.4 is 0 Å². The molecule has 0 unspecified atom stereocenters. The number of fused-ring (bicyclic) bond motifs is 1. The van der Waals surface area contributed by atoms with E-state index in [2.05, 4.69) is 0 Å². The largest absolute Gasteiger partial charge is 0.297 e. The number of thiophene rings is 1. The number of benzene rings is 1. The van der Waals surface area contributed by atoms with E-state index in [0.717, 1.165) is 16.4 Å². The molecule has 2 aromatic rings. The van der Waals surface area contributed by atoms with Gasteiger partial charge in [-0.2, -0.15) is 0 Å². The molecular weight excluding hydrogens is 227 g/mol. The molecule has 0 fully saturated rings. The average molecular weight is 231 g/mol. The van der Waals surface area contributed by atoms with Gasteiger partial charge in [0.25, 0.3) is 0 Å². The van der Waals surface area contributed by atoms with Crippen LogP contribution in [-0.2, 0) is 0 Å². The molecule has 0 amide bonds. The Labute approximate surface area is 88.9 Å². The second-order valence-electron chi connectivity index (χ2n) is 2.51. The zero-order chi connectivity index (χ0) is 9.42. The van der Waals surface area contributed by atoms with Gasteiger partial charge in [-0.15, -0.1) is 11.3 Å². The van der Waals surface area contributed by atoms with Crippen LogP contribution in [0.4, 0.5) is 0 Å². The van der Waals surface area contributed by atoms with Gasteiger partial charge in [0.15, 0.2) is 6.29 Å². The number of halogens is 2. The Bertz CT molecular complexity index is 476. The highest BCUT2D eigenvalue weighted by atomic mass is 35.5. The van der Waals surface area contributed by atoms with Gasteiger partial charge in [-0.05, 0) is 6.07 Å². The normalized spacial score (nSPS) is 10.6. The topological polar surface area (TPSA) is 17.1 Å². The van der Waals surface area contributed by atoms with Crippen molar-refractivity contribution >= 4 is 50.9 Å². The molecule has 13 heavy (non-hydrogen) atoms. The zero-order valence-electron chi connectivity index (χ0n) is 6.38. The summed E-state index contributed by atoms with van der Waals surface area (Å²) in [5.41, 5.74) is 0. The average Bonchev–Trinajstić information content (AvgIpc) is 2.45. The molecule has 0 atom stereocenters. The van der Waals surface area contributed by atoms with Crippen molar-refractivity contribution in [1.29, 1.82) is 0 Å². The molecule has 0 N–H and O–H groups in total. The molecule has 66 valence electrons. The zero-order valence-corrected chi connectivity index (χ0v) is 8.71. The lowest BCUT2D eigenvalue weighted by atomic mass is 10.2. The first-order valence-corrected chi connectivity index (χ1v) is 5.13. The number of aldehydes is 1. The first-order valence-electron chi connectivity index (χ1n) is 3.55. The Hall–Kier alpha value is -0.570. The van der Waals surface area contributed by atoms with E-state index < -0.39 is 0 Å². The van der Waals surface area contributed by atoms with Crippen LogP contribution >= 0.6 is 34.5 Å². The minimum absolute atomic E-state index is 0.498. The van der Waals surface area contributed by atoms with E-state index in [1.807, 2.05) is 12.1 Å². The van der Waals surface area contributed by atoms with Crippen molar-refractivity contribution in [3.05, 3.63) is 33.1 Å². The summed E-state index contributed by atoms with van der Waals surface area (Å²) in [7, 11) is 0. The lowest BCUT2D eigenvalue weighted by Crippen LogP contribution is -1.69. The standard InChI is InChI=1S/C9H4Cl2OS/c10-6-3-1-2-5-8(11)7(4-12)13-9(5)6/h1-4H. The molecule has 1 aromatic carbocycles. The minimum atomic E-state index is 0.498. The lowest BCUT2D eigenvalue weighted by molar-refractivity contribution is 0.112. The van der Waals surface area contributed by atoms with E-state index in [-0.39, 0.29) is 0 Å². The van der Waals surface area contributed by atoms with Crippen LogP contribution in [0.25, 0.3) is 10.1 Å². The van der Waals surface area contributed by atoms with Gasteiger partial charge in [0, 0.05) is 5.39 Å². The number of hydrogen-bond acceptors (Lipinski definition) is 2. The maximum atomic E-state index is 10.6. The molecule has 0 radical (unpaired) electrons. The maximum absolute atomic E-state index is 10.6. The Morgan fingerprint density at radius 2 is 2.08 bits per heavy atom. The fourth-order valence-electron chi connectivity index (χ4n) is 1.15. The Balaban J connectivity index is 2.91. The van der Waals surface area contributed by atoms with Crippen molar-refractivity contribution in [2.45, 2.75) is 0 Å². The fourth-order valence-corrected chi connectivity index (χ4v) is 2.73. The van der Waals surface area contributed by atoms with Crippen LogP contribution in [0.3, 0.4) is 0 Å². The number of carbonyl (C=O) groups excluding carboxylic acids is 1. The highest BCUT2D eigenvalue weighted by Crippen LogP contribution is 2.37. The smallest absolute Gasteiger partial charge is 0.161 e. The van der Waals surface area contributed by atoms with Gasteiger partial charge in [0.2, 0.25) is 0 Å². The number of rotatable bonds is 1. The minimum Gasteiger partial charge on any atom is -0.297 e. The third-order valence-electron chi connectivity index (χ3n) is 1.74. The SMILES string of the molecule is O=Cc1sc2c(Cl)cccc2c1Cl. The van der Waals surface area contributed by atoms with Crippen molar-refractivity contribution in [1.82, 2.24) is 0 Å². The molecule has 4 heteroatoms. The summed E-state index contributed by atoms with van der Waals surface area (Å²) >= 11 is 13.2. The molecule has 0 bridgehead atoms. The van der Waals surface area contributed by atoms with Crippen molar-refractivity contribution in [3.63, 3.8) is 0 Å². The molecule has 2 rings (SSSR count). The summed E-state index contributed by atoms with van der Waals surface area (Å²) in [5.74, 6) is 0. The van der Waals surface area contributed by atoms with E-state index in [1.54, 1.807) is 6.07 Å². The Morgan fingerprint density at radius 1 is 1.31 bits per heavy atom. The molecule has 1 nitrogen and oxygen atoms in total. The van der Waals surface area contributed by atoms with Crippen molar-refractivity contribution in [3.8, 4) is 0 Å². The van der Waals surface area contributed by atoms with E-state index in [9.17, 15) is 4.79 Å². The highest BCUT2D eigenvalue weighted by Gasteiger charge is 2.10. The summed E-state index contributed by atoms with van der Waals surface area (Å²) in [4.78, 5) is 11.1.